The van der Waals surface area contributed by atoms with E-state index >= 15 is 0 Å². The van der Waals surface area contributed by atoms with E-state index in [1.54, 1.807) is 0 Å². The van der Waals surface area contributed by atoms with Gasteiger partial charge in [-0.15, -0.1) is 12.4 Å². The predicted molar refractivity (Wildman–Crippen MR) is 88.7 cm³/mol. The van der Waals surface area contributed by atoms with Crippen molar-refractivity contribution in [2.45, 2.75) is 49.4 Å². The number of hydrogen-bond donors (Lipinski definition) is 2. The van der Waals surface area contributed by atoms with Crippen molar-refractivity contribution in [1.29, 1.82) is 0 Å². The van der Waals surface area contributed by atoms with Crippen LogP contribution in [0, 0.1) is 0 Å². The van der Waals surface area contributed by atoms with Gasteiger partial charge in [0.25, 0.3) is 0 Å². The first-order valence-corrected chi connectivity index (χ1v) is 9.35. The maximum absolute atomic E-state index is 12.0. The Labute approximate surface area is 131 Å². The molecule has 112 valence electrons. The van der Waals surface area contributed by atoms with Crippen LogP contribution in [0.3, 0.4) is 0 Å². The van der Waals surface area contributed by atoms with Gasteiger partial charge >= 0.3 is 0 Å². The van der Waals surface area contributed by atoms with Gasteiger partial charge in [-0.3, -0.25) is 4.79 Å². The molecule has 2 fully saturated rings. The lowest BCUT2D eigenvalue weighted by molar-refractivity contribution is -0.122. The maximum atomic E-state index is 12.0. The molecule has 1 aliphatic carbocycles. The van der Waals surface area contributed by atoms with Crippen molar-refractivity contribution in [3.8, 4) is 0 Å². The Morgan fingerprint density at radius 3 is 3.00 bits per heavy atom. The third kappa shape index (κ3) is 6.15. The molecule has 3 atom stereocenters. The predicted octanol–water partition coefficient (Wildman–Crippen LogP) is 2.29. The number of rotatable bonds is 4. The Bertz CT molecular complexity index is 275. The quantitative estimate of drug-likeness (QED) is 0.832. The van der Waals surface area contributed by atoms with Gasteiger partial charge in [0.2, 0.25) is 5.91 Å². The molecule has 0 aromatic heterocycles. The molecule has 0 aromatic carbocycles. The van der Waals surface area contributed by atoms with E-state index in [2.05, 4.69) is 16.9 Å². The van der Waals surface area contributed by atoms with E-state index in [4.69, 9.17) is 0 Å². The van der Waals surface area contributed by atoms with E-state index in [0.29, 0.717) is 18.5 Å². The van der Waals surface area contributed by atoms with Crippen molar-refractivity contribution < 1.29 is 4.79 Å². The molecule has 1 heterocycles. The summed E-state index contributed by atoms with van der Waals surface area (Å²) in [4.78, 5) is 12.0. The van der Waals surface area contributed by atoms with Crippen LogP contribution in [-0.4, -0.2) is 47.5 Å². The van der Waals surface area contributed by atoms with Crippen molar-refractivity contribution in [2.75, 3.05) is 24.3 Å². The third-order valence-electron chi connectivity index (χ3n) is 3.75. The largest absolute Gasteiger partial charge is 0.353 e. The Morgan fingerprint density at radius 2 is 2.32 bits per heavy atom. The second kappa shape index (κ2) is 9.37. The molecular formula is C13H25ClN2OS2. The molecule has 1 amide bonds. The summed E-state index contributed by atoms with van der Waals surface area (Å²) >= 11 is 3.89. The monoisotopic (exact) mass is 324 g/mol. The topological polar surface area (TPSA) is 41.1 Å². The van der Waals surface area contributed by atoms with Crippen LogP contribution in [-0.2, 0) is 4.79 Å². The van der Waals surface area contributed by atoms with Crippen molar-refractivity contribution in [1.82, 2.24) is 10.6 Å². The van der Waals surface area contributed by atoms with Gasteiger partial charge in [-0.25, -0.2) is 0 Å². The van der Waals surface area contributed by atoms with Gasteiger partial charge in [0.1, 0.15) is 0 Å². The number of hydrogen-bond acceptors (Lipinski definition) is 4. The Balaban J connectivity index is 0.00000180. The lowest BCUT2D eigenvalue weighted by Crippen LogP contribution is -2.44. The highest BCUT2D eigenvalue weighted by atomic mass is 35.5. The van der Waals surface area contributed by atoms with E-state index < -0.39 is 0 Å². The van der Waals surface area contributed by atoms with Crippen LogP contribution in [0.15, 0.2) is 0 Å². The molecule has 19 heavy (non-hydrogen) atoms. The van der Waals surface area contributed by atoms with Gasteiger partial charge in [-0.05, 0) is 25.5 Å². The summed E-state index contributed by atoms with van der Waals surface area (Å²) < 4.78 is 0. The van der Waals surface area contributed by atoms with Gasteiger partial charge < -0.3 is 10.6 Å². The lowest BCUT2D eigenvalue weighted by Gasteiger charge is -2.29. The van der Waals surface area contributed by atoms with Gasteiger partial charge in [0, 0.05) is 41.8 Å². The number of amides is 1. The zero-order chi connectivity index (χ0) is 12.8. The van der Waals surface area contributed by atoms with Crippen LogP contribution >= 0.6 is 35.9 Å². The minimum absolute atomic E-state index is 0. The summed E-state index contributed by atoms with van der Waals surface area (Å²) in [7, 11) is 0. The molecule has 6 heteroatoms. The van der Waals surface area contributed by atoms with E-state index in [0.717, 1.165) is 30.4 Å². The van der Waals surface area contributed by atoms with E-state index in [1.807, 2.05) is 23.5 Å². The number of nitrogens with one attached hydrogen (secondary N) is 2. The fraction of sp³-hybridized carbons (Fsp3) is 0.923. The van der Waals surface area contributed by atoms with E-state index in [1.165, 1.54) is 18.6 Å². The van der Waals surface area contributed by atoms with Gasteiger partial charge in [0.15, 0.2) is 0 Å². The molecule has 2 aliphatic rings. The molecule has 3 nitrogen and oxygen atoms in total. The van der Waals surface area contributed by atoms with Crippen molar-refractivity contribution in [3.05, 3.63) is 0 Å². The zero-order valence-corrected chi connectivity index (χ0v) is 14.0. The molecule has 0 radical (unpaired) electrons. The van der Waals surface area contributed by atoms with Crippen LogP contribution in [0.5, 0.6) is 0 Å². The summed E-state index contributed by atoms with van der Waals surface area (Å²) in [5.74, 6) is 2.49. The first kappa shape index (κ1) is 17.5. The van der Waals surface area contributed by atoms with E-state index in [-0.39, 0.29) is 18.3 Å². The van der Waals surface area contributed by atoms with Crippen LogP contribution in [0.4, 0.5) is 0 Å². The Kier molecular flexibility index (Phi) is 8.62. The maximum Gasteiger partial charge on any atom is 0.221 e. The zero-order valence-electron chi connectivity index (χ0n) is 11.5. The average Bonchev–Trinajstić information content (AvgIpc) is 2.40. The standard InChI is InChI=1S/C13H24N2OS2.ClH/c1-17-12-4-2-3-10(7-12)15-13(16)8-11-9-18-6-5-14-11;/h10-12,14H,2-9H2,1H3,(H,15,16);1H. The van der Waals surface area contributed by atoms with Crippen molar-refractivity contribution in [2.24, 2.45) is 0 Å². The smallest absolute Gasteiger partial charge is 0.221 e. The fourth-order valence-electron chi connectivity index (χ4n) is 2.75. The molecule has 1 saturated heterocycles. The highest BCUT2D eigenvalue weighted by Gasteiger charge is 2.24. The van der Waals surface area contributed by atoms with Gasteiger partial charge in [0.05, 0.1) is 0 Å². The minimum atomic E-state index is 0. The molecular weight excluding hydrogens is 300 g/mol. The first-order valence-electron chi connectivity index (χ1n) is 6.91. The van der Waals surface area contributed by atoms with Crippen LogP contribution < -0.4 is 10.6 Å². The van der Waals surface area contributed by atoms with Gasteiger partial charge in [-0.1, -0.05) is 6.42 Å². The highest BCUT2D eigenvalue weighted by molar-refractivity contribution is 7.99. The van der Waals surface area contributed by atoms with Gasteiger partial charge in [-0.2, -0.15) is 23.5 Å². The van der Waals surface area contributed by atoms with Crippen molar-refractivity contribution >= 4 is 41.8 Å². The van der Waals surface area contributed by atoms with E-state index in [9.17, 15) is 4.79 Å². The van der Waals surface area contributed by atoms with Crippen LogP contribution in [0.1, 0.15) is 32.1 Å². The average molecular weight is 325 g/mol. The SMILES string of the molecule is CSC1CCCC(NC(=O)CC2CSCCN2)C1.Cl. The summed E-state index contributed by atoms with van der Waals surface area (Å²) in [6.07, 6.45) is 7.71. The number of thioether (sulfide) groups is 2. The van der Waals surface area contributed by atoms with Crippen molar-refractivity contribution in [3.63, 3.8) is 0 Å². The molecule has 1 saturated carbocycles. The molecule has 1 aliphatic heterocycles. The lowest BCUT2D eigenvalue weighted by atomic mass is 9.95. The molecule has 2 N–H and O–H groups in total. The second-order valence-corrected chi connectivity index (χ2v) is 7.51. The molecule has 2 rings (SSSR count). The first-order chi connectivity index (χ1) is 8.78. The number of carbonyl (C=O) groups excluding carboxylic acids is 1. The summed E-state index contributed by atoms with van der Waals surface area (Å²) in [6, 6.07) is 0.795. The normalized spacial score (nSPS) is 31.3. The van der Waals surface area contributed by atoms with Crippen LogP contribution in [0.25, 0.3) is 0 Å². The summed E-state index contributed by atoms with van der Waals surface area (Å²) in [5.41, 5.74) is 0. The van der Waals surface area contributed by atoms with Crippen LogP contribution in [0.2, 0.25) is 0 Å². The molecule has 3 unspecified atom stereocenters. The Morgan fingerprint density at radius 1 is 1.47 bits per heavy atom. The second-order valence-electron chi connectivity index (χ2n) is 5.22. The minimum Gasteiger partial charge on any atom is -0.353 e. The number of halogens is 1. The molecule has 0 bridgehead atoms. The summed E-state index contributed by atoms with van der Waals surface area (Å²) in [5, 5.41) is 7.39. The Hall–Kier alpha value is 0.420. The number of carbonyl (C=O) groups is 1. The fourth-order valence-corrected chi connectivity index (χ4v) is 4.53. The molecule has 0 spiro atoms. The third-order valence-corrected chi connectivity index (χ3v) is 5.98. The molecule has 0 aromatic rings. The highest BCUT2D eigenvalue weighted by Crippen LogP contribution is 2.26. The summed E-state index contributed by atoms with van der Waals surface area (Å²) in [6.45, 7) is 1.04.